The van der Waals surface area contributed by atoms with Gasteiger partial charge in [-0.3, -0.25) is 4.79 Å². The van der Waals surface area contributed by atoms with E-state index in [9.17, 15) is 4.79 Å². The molecule has 0 rings (SSSR count). The lowest BCUT2D eigenvalue weighted by Crippen LogP contribution is -2.45. The minimum atomic E-state index is -0.534. The average molecular weight is 209 g/mol. The molecule has 0 heterocycles. The summed E-state index contributed by atoms with van der Waals surface area (Å²) >= 11 is 0. The first-order valence-corrected chi connectivity index (χ1v) is 5.11. The summed E-state index contributed by atoms with van der Waals surface area (Å²) < 4.78 is 0. The highest BCUT2D eigenvalue weighted by Gasteiger charge is 2.19. The second-order valence-electron chi connectivity index (χ2n) is 3.54. The number of carbonyl (C=O) groups excluding carboxylic acids is 1. The molecule has 0 aromatic heterocycles. The third-order valence-electron chi connectivity index (χ3n) is 2.15. The van der Waals surface area contributed by atoms with Crippen LogP contribution in [0.2, 0.25) is 0 Å². The molecule has 0 aliphatic heterocycles. The fourth-order valence-electron chi connectivity index (χ4n) is 1.26. The molecule has 0 saturated carbocycles. The molecule has 0 radical (unpaired) electrons. The lowest BCUT2D eigenvalue weighted by Gasteiger charge is -2.24. The van der Waals surface area contributed by atoms with Crippen molar-refractivity contribution in [1.82, 2.24) is 4.90 Å². The van der Waals surface area contributed by atoms with Gasteiger partial charge in [0.15, 0.2) is 0 Å². The van der Waals surface area contributed by atoms with E-state index < -0.39 is 6.04 Å². The molecule has 2 atom stereocenters. The highest BCUT2D eigenvalue weighted by atomic mass is 16.2. The fraction of sp³-hybridized carbons (Fsp3) is 0.636. The van der Waals surface area contributed by atoms with Crippen LogP contribution >= 0.6 is 0 Å². The van der Waals surface area contributed by atoms with E-state index in [-0.39, 0.29) is 11.8 Å². The molecule has 1 amide bonds. The summed E-state index contributed by atoms with van der Waals surface area (Å²) in [7, 11) is 0. The highest BCUT2D eigenvalue weighted by Crippen LogP contribution is 2.02. The van der Waals surface area contributed by atoms with Crippen molar-refractivity contribution in [3.63, 3.8) is 0 Å². The summed E-state index contributed by atoms with van der Waals surface area (Å²) in [5, 5.41) is 8.67. The smallest absolute Gasteiger partial charge is 0.239 e. The maximum Gasteiger partial charge on any atom is 0.239 e. The average Bonchev–Trinajstić information content (AvgIpc) is 2.24. The topological polar surface area (TPSA) is 70.1 Å². The second kappa shape index (κ2) is 7.02. The number of hydrogen-bond donors (Lipinski definition) is 1. The lowest BCUT2D eigenvalue weighted by molar-refractivity contribution is -0.132. The first-order valence-electron chi connectivity index (χ1n) is 5.11. The Labute approximate surface area is 91.4 Å². The maximum absolute atomic E-state index is 11.8. The van der Waals surface area contributed by atoms with Crippen LogP contribution in [0.25, 0.3) is 0 Å². The Morgan fingerprint density at radius 1 is 1.73 bits per heavy atom. The van der Waals surface area contributed by atoms with Crippen LogP contribution in [0.3, 0.4) is 0 Å². The molecule has 0 bridgehead atoms. The van der Waals surface area contributed by atoms with Gasteiger partial charge in [-0.2, -0.15) is 5.26 Å². The zero-order valence-corrected chi connectivity index (χ0v) is 9.44. The van der Waals surface area contributed by atoms with E-state index in [1.54, 1.807) is 17.9 Å². The van der Waals surface area contributed by atoms with Crippen molar-refractivity contribution in [3.05, 3.63) is 12.7 Å². The van der Waals surface area contributed by atoms with Crippen LogP contribution in [-0.2, 0) is 4.79 Å². The van der Waals surface area contributed by atoms with Gasteiger partial charge in [0.25, 0.3) is 0 Å². The number of nitrogens with zero attached hydrogens (tertiary/aromatic N) is 2. The van der Waals surface area contributed by atoms with E-state index >= 15 is 0 Å². The van der Waals surface area contributed by atoms with Crippen molar-refractivity contribution < 1.29 is 4.79 Å². The van der Waals surface area contributed by atoms with Gasteiger partial charge >= 0.3 is 0 Å². The molecule has 0 fully saturated rings. The number of rotatable bonds is 6. The van der Waals surface area contributed by atoms with Crippen molar-refractivity contribution in [2.24, 2.45) is 11.7 Å². The van der Waals surface area contributed by atoms with Crippen molar-refractivity contribution in [2.45, 2.75) is 26.3 Å². The first-order chi connectivity index (χ1) is 7.06. The Morgan fingerprint density at radius 3 is 2.73 bits per heavy atom. The molecule has 0 saturated heterocycles. The van der Waals surface area contributed by atoms with Gasteiger partial charge in [0, 0.05) is 13.1 Å². The van der Waals surface area contributed by atoms with Crippen LogP contribution in [0.1, 0.15) is 20.3 Å². The molecule has 0 aliphatic rings. The van der Waals surface area contributed by atoms with Gasteiger partial charge < -0.3 is 10.6 Å². The summed E-state index contributed by atoms with van der Waals surface area (Å²) in [5.41, 5.74) is 5.68. The van der Waals surface area contributed by atoms with E-state index in [4.69, 9.17) is 11.0 Å². The Bertz CT molecular complexity index is 257. The molecule has 2 unspecified atom stereocenters. The van der Waals surface area contributed by atoms with Crippen molar-refractivity contribution in [2.75, 3.05) is 13.1 Å². The Kier molecular flexibility index (Phi) is 6.39. The molecule has 15 heavy (non-hydrogen) atoms. The zero-order valence-electron chi connectivity index (χ0n) is 9.44. The third kappa shape index (κ3) is 4.61. The Morgan fingerprint density at radius 2 is 2.33 bits per heavy atom. The number of likely N-dealkylation sites (N-methyl/N-ethyl adjacent to an activating group) is 1. The summed E-state index contributed by atoms with van der Waals surface area (Å²) in [5.74, 6) is -0.274. The van der Waals surface area contributed by atoms with Crippen LogP contribution in [0.15, 0.2) is 12.7 Å². The zero-order chi connectivity index (χ0) is 11.8. The molecule has 0 aromatic carbocycles. The van der Waals surface area contributed by atoms with Crippen molar-refractivity contribution in [3.8, 4) is 6.07 Å². The predicted octanol–water partition coefficient (Wildman–Crippen LogP) is 0.898. The number of hydrogen-bond acceptors (Lipinski definition) is 3. The molecule has 0 spiro atoms. The second-order valence-corrected chi connectivity index (χ2v) is 3.54. The van der Waals surface area contributed by atoms with Crippen LogP contribution in [0.4, 0.5) is 0 Å². The van der Waals surface area contributed by atoms with Crippen LogP contribution in [0.5, 0.6) is 0 Å². The van der Waals surface area contributed by atoms with E-state index in [1.165, 1.54) is 0 Å². The molecule has 4 heteroatoms. The van der Waals surface area contributed by atoms with Crippen LogP contribution < -0.4 is 5.73 Å². The normalized spacial score (nSPS) is 13.7. The Hall–Kier alpha value is -1.34. The van der Waals surface area contributed by atoms with Crippen LogP contribution in [-0.4, -0.2) is 29.9 Å². The summed E-state index contributed by atoms with van der Waals surface area (Å²) in [6, 6.07) is 1.57. The highest BCUT2D eigenvalue weighted by molar-refractivity contribution is 5.81. The summed E-state index contributed by atoms with van der Waals surface area (Å²) in [6.07, 6.45) is 2.10. The summed E-state index contributed by atoms with van der Waals surface area (Å²) in [4.78, 5) is 13.4. The van der Waals surface area contributed by atoms with Crippen molar-refractivity contribution >= 4 is 5.91 Å². The van der Waals surface area contributed by atoms with E-state index in [1.807, 2.05) is 6.92 Å². The van der Waals surface area contributed by atoms with E-state index in [2.05, 4.69) is 12.6 Å². The van der Waals surface area contributed by atoms with Gasteiger partial charge in [-0.05, 0) is 20.3 Å². The minimum Gasteiger partial charge on any atom is -0.340 e. The number of carbonyl (C=O) groups is 1. The van der Waals surface area contributed by atoms with Gasteiger partial charge in [0.05, 0.1) is 18.0 Å². The monoisotopic (exact) mass is 209 g/mol. The standard InChI is InChI=1S/C11H19N3O/c1-4-6-10(13)11(15)14(5-2)8-9(3)7-12/h4,9-10H,1,5-6,8,13H2,2-3H3. The van der Waals surface area contributed by atoms with E-state index in [0.717, 1.165) is 0 Å². The van der Waals surface area contributed by atoms with Gasteiger partial charge in [-0.25, -0.2) is 0 Å². The molecular weight excluding hydrogens is 190 g/mol. The summed E-state index contributed by atoms with van der Waals surface area (Å²) in [6.45, 7) is 8.23. The van der Waals surface area contributed by atoms with Gasteiger partial charge in [0.2, 0.25) is 5.91 Å². The number of nitriles is 1. The number of amides is 1. The lowest BCUT2D eigenvalue weighted by atomic mass is 10.1. The fourth-order valence-corrected chi connectivity index (χ4v) is 1.26. The first kappa shape index (κ1) is 13.7. The molecule has 0 aliphatic carbocycles. The third-order valence-corrected chi connectivity index (χ3v) is 2.15. The SMILES string of the molecule is C=CCC(N)C(=O)N(CC)CC(C)C#N. The number of nitrogens with two attached hydrogens (primary N) is 1. The van der Waals surface area contributed by atoms with Gasteiger partial charge in [-0.15, -0.1) is 6.58 Å². The molecule has 0 aromatic rings. The van der Waals surface area contributed by atoms with Gasteiger partial charge in [-0.1, -0.05) is 6.08 Å². The molecule has 4 nitrogen and oxygen atoms in total. The molecular formula is C11H19N3O. The van der Waals surface area contributed by atoms with Gasteiger partial charge in [0.1, 0.15) is 0 Å². The predicted molar refractivity (Wildman–Crippen MR) is 59.8 cm³/mol. The minimum absolute atomic E-state index is 0.112. The quantitative estimate of drug-likeness (QED) is 0.661. The van der Waals surface area contributed by atoms with Crippen LogP contribution in [0, 0.1) is 17.2 Å². The Balaban J connectivity index is 4.34. The van der Waals surface area contributed by atoms with Crippen molar-refractivity contribution in [1.29, 1.82) is 5.26 Å². The largest absolute Gasteiger partial charge is 0.340 e. The molecule has 84 valence electrons. The van der Waals surface area contributed by atoms with E-state index in [0.29, 0.717) is 19.5 Å². The maximum atomic E-state index is 11.8. The molecule has 2 N–H and O–H groups in total.